The van der Waals surface area contributed by atoms with Crippen molar-refractivity contribution in [2.75, 3.05) is 0 Å². The highest BCUT2D eigenvalue weighted by Crippen LogP contribution is 2.22. The molecule has 0 atom stereocenters. The van der Waals surface area contributed by atoms with E-state index in [2.05, 4.69) is 15.3 Å². The summed E-state index contributed by atoms with van der Waals surface area (Å²) in [4.78, 5) is 19.9. The molecule has 0 saturated heterocycles. The summed E-state index contributed by atoms with van der Waals surface area (Å²) in [6, 6.07) is 7.32. The van der Waals surface area contributed by atoms with E-state index in [1.807, 2.05) is 18.2 Å². The normalized spacial score (nSPS) is 11.5. The number of fused-ring (bicyclic) bond motifs is 1. The number of amides is 1. The summed E-state index contributed by atoms with van der Waals surface area (Å²) in [6.07, 6.45) is 7.39. The number of carbonyl (C=O) groups excluding carboxylic acids is 1. The topological polar surface area (TPSA) is 108 Å². The second-order valence-electron chi connectivity index (χ2n) is 5.08. The largest absolute Gasteiger partial charge is 0.505 e. The van der Waals surface area contributed by atoms with Crippen molar-refractivity contribution in [3.8, 4) is 0 Å². The number of rotatable bonds is 5. The summed E-state index contributed by atoms with van der Waals surface area (Å²) in [7, 11) is -1.83. The summed E-state index contributed by atoms with van der Waals surface area (Å²) in [5.74, 6) is -0.428. The van der Waals surface area contributed by atoms with Crippen molar-refractivity contribution in [1.29, 1.82) is 0 Å². The molecule has 0 aliphatic carbocycles. The second kappa shape index (κ2) is 7.07. The number of aromatic nitrogens is 2. The van der Waals surface area contributed by atoms with Gasteiger partial charge < -0.3 is 19.8 Å². The maximum Gasteiger partial charge on any atom is 0.505 e. The number of nitrogens with one attached hydrogen (secondary N) is 1. The lowest BCUT2D eigenvalue weighted by atomic mass is 9.84. The summed E-state index contributed by atoms with van der Waals surface area (Å²) >= 11 is 0. The Morgan fingerprint density at radius 2 is 2.12 bits per heavy atom. The first-order valence-electron chi connectivity index (χ1n) is 7.22. The molecule has 0 saturated carbocycles. The highest BCUT2D eigenvalue weighted by molar-refractivity contribution is 6.52. The fourth-order valence-corrected chi connectivity index (χ4v) is 2.24. The molecule has 8 heteroatoms. The van der Waals surface area contributed by atoms with Crippen LogP contribution in [0.1, 0.15) is 11.3 Å². The standard InChI is InChI=1S/C16H14BN3O4/c21-16(8-12-9-18-5-6-19-12)20-15(17(22)23)7-11-10-24-14-4-2-1-3-13(11)14/h1-7,9-10,22-23H,8H2,(H,20,21)/b15-7+. The van der Waals surface area contributed by atoms with Crippen LogP contribution in [0.4, 0.5) is 0 Å². The fourth-order valence-electron chi connectivity index (χ4n) is 2.24. The van der Waals surface area contributed by atoms with Crippen LogP contribution >= 0.6 is 0 Å². The van der Waals surface area contributed by atoms with E-state index in [0.717, 1.165) is 5.39 Å². The smallest absolute Gasteiger partial charge is 0.464 e. The molecule has 0 bridgehead atoms. The molecule has 2 aromatic heterocycles. The van der Waals surface area contributed by atoms with Crippen molar-refractivity contribution in [2.24, 2.45) is 0 Å². The van der Waals surface area contributed by atoms with Gasteiger partial charge in [0, 0.05) is 35.1 Å². The highest BCUT2D eigenvalue weighted by atomic mass is 16.4. The molecular formula is C16H14BN3O4. The average Bonchev–Trinajstić information content (AvgIpc) is 2.98. The van der Waals surface area contributed by atoms with E-state index < -0.39 is 13.0 Å². The SMILES string of the molecule is O=C(Cc1cnccn1)N/C(=C/c1coc2ccccc12)B(O)O. The molecule has 0 aliphatic heterocycles. The molecule has 3 aromatic rings. The van der Waals surface area contributed by atoms with Crippen molar-refractivity contribution in [2.45, 2.75) is 6.42 Å². The summed E-state index contributed by atoms with van der Waals surface area (Å²) in [5.41, 5.74) is 1.74. The Balaban J connectivity index is 1.81. The van der Waals surface area contributed by atoms with E-state index >= 15 is 0 Å². The predicted molar refractivity (Wildman–Crippen MR) is 88.3 cm³/mol. The monoisotopic (exact) mass is 323 g/mol. The van der Waals surface area contributed by atoms with Crippen molar-refractivity contribution >= 4 is 30.1 Å². The van der Waals surface area contributed by atoms with Crippen molar-refractivity contribution in [3.05, 3.63) is 66.0 Å². The molecular weight excluding hydrogens is 309 g/mol. The van der Waals surface area contributed by atoms with Crippen molar-refractivity contribution < 1.29 is 19.3 Å². The zero-order valence-electron chi connectivity index (χ0n) is 12.6. The third-order valence-electron chi connectivity index (χ3n) is 3.34. The Bertz CT molecular complexity index is 877. The average molecular weight is 323 g/mol. The van der Waals surface area contributed by atoms with Gasteiger partial charge in [-0.25, -0.2) is 0 Å². The van der Waals surface area contributed by atoms with Crippen LogP contribution in [0, 0.1) is 0 Å². The molecule has 24 heavy (non-hydrogen) atoms. The Kier molecular flexibility index (Phi) is 4.69. The van der Waals surface area contributed by atoms with E-state index in [-0.39, 0.29) is 12.0 Å². The van der Waals surface area contributed by atoms with Gasteiger partial charge in [0.2, 0.25) is 5.91 Å². The van der Waals surface area contributed by atoms with Gasteiger partial charge in [-0.1, -0.05) is 18.2 Å². The number of nitrogens with zero attached hydrogens (tertiary/aromatic N) is 2. The third kappa shape index (κ3) is 3.68. The first-order valence-corrected chi connectivity index (χ1v) is 7.22. The molecule has 1 aromatic carbocycles. The molecule has 0 spiro atoms. The van der Waals surface area contributed by atoms with Crippen LogP contribution in [-0.4, -0.2) is 33.0 Å². The second-order valence-corrected chi connectivity index (χ2v) is 5.08. The summed E-state index contributed by atoms with van der Waals surface area (Å²) in [5, 5.41) is 22.3. The van der Waals surface area contributed by atoms with Crippen LogP contribution in [0.15, 0.2) is 59.1 Å². The minimum Gasteiger partial charge on any atom is -0.464 e. The number of hydrogen-bond acceptors (Lipinski definition) is 6. The van der Waals surface area contributed by atoms with Gasteiger partial charge in [0.1, 0.15) is 5.58 Å². The molecule has 0 aliphatic rings. The van der Waals surface area contributed by atoms with Gasteiger partial charge >= 0.3 is 7.12 Å². The van der Waals surface area contributed by atoms with E-state index in [9.17, 15) is 14.8 Å². The lowest BCUT2D eigenvalue weighted by molar-refractivity contribution is -0.119. The van der Waals surface area contributed by atoms with Gasteiger partial charge in [-0.2, -0.15) is 0 Å². The quantitative estimate of drug-likeness (QED) is 0.603. The lowest BCUT2D eigenvalue weighted by Crippen LogP contribution is -2.33. The number of carbonyl (C=O) groups is 1. The number of furan rings is 1. The zero-order valence-corrected chi connectivity index (χ0v) is 12.6. The van der Waals surface area contributed by atoms with E-state index in [1.54, 1.807) is 6.07 Å². The lowest BCUT2D eigenvalue weighted by Gasteiger charge is -2.08. The minimum absolute atomic E-state index is 0.0238. The minimum atomic E-state index is -1.83. The van der Waals surface area contributed by atoms with Crippen molar-refractivity contribution in [1.82, 2.24) is 15.3 Å². The third-order valence-corrected chi connectivity index (χ3v) is 3.34. The van der Waals surface area contributed by atoms with Crippen LogP contribution in [-0.2, 0) is 11.2 Å². The Morgan fingerprint density at radius 1 is 1.29 bits per heavy atom. The maximum absolute atomic E-state index is 12.1. The van der Waals surface area contributed by atoms with Crippen LogP contribution in [0.5, 0.6) is 0 Å². The molecule has 2 heterocycles. The Hall–Kier alpha value is -2.97. The molecule has 1 amide bonds. The Morgan fingerprint density at radius 3 is 2.88 bits per heavy atom. The van der Waals surface area contributed by atoms with E-state index in [4.69, 9.17) is 4.42 Å². The summed E-state index contributed by atoms with van der Waals surface area (Å²) in [6.45, 7) is 0. The molecule has 0 unspecified atom stereocenters. The van der Waals surface area contributed by atoms with Gasteiger partial charge in [0.05, 0.1) is 18.4 Å². The van der Waals surface area contributed by atoms with Gasteiger partial charge in [-0.3, -0.25) is 14.8 Å². The zero-order chi connectivity index (χ0) is 16.9. The predicted octanol–water partition coefficient (Wildman–Crippen LogP) is 0.935. The number of benzene rings is 1. The van der Waals surface area contributed by atoms with Crippen LogP contribution in [0.25, 0.3) is 17.0 Å². The fraction of sp³-hybridized carbons (Fsp3) is 0.0625. The van der Waals surface area contributed by atoms with Gasteiger partial charge in [-0.05, 0) is 12.1 Å². The highest BCUT2D eigenvalue weighted by Gasteiger charge is 2.19. The number of para-hydroxylation sites is 1. The molecule has 7 nitrogen and oxygen atoms in total. The van der Waals surface area contributed by atoms with Crippen LogP contribution in [0.3, 0.4) is 0 Å². The van der Waals surface area contributed by atoms with Crippen LogP contribution < -0.4 is 5.32 Å². The molecule has 0 fully saturated rings. The maximum atomic E-state index is 12.1. The molecule has 120 valence electrons. The van der Waals surface area contributed by atoms with Gasteiger partial charge in [-0.15, -0.1) is 0 Å². The van der Waals surface area contributed by atoms with Gasteiger partial charge in [0.15, 0.2) is 0 Å². The number of hydrogen-bond donors (Lipinski definition) is 3. The molecule has 0 radical (unpaired) electrons. The first kappa shape index (κ1) is 15.9. The van der Waals surface area contributed by atoms with E-state index in [0.29, 0.717) is 16.8 Å². The van der Waals surface area contributed by atoms with Crippen molar-refractivity contribution in [3.63, 3.8) is 0 Å². The summed E-state index contributed by atoms with van der Waals surface area (Å²) < 4.78 is 5.39. The molecule has 3 N–H and O–H groups in total. The Labute approximate surface area is 137 Å². The van der Waals surface area contributed by atoms with E-state index in [1.165, 1.54) is 30.9 Å². The first-order chi connectivity index (χ1) is 11.6. The molecule has 3 rings (SSSR count). The van der Waals surface area contributed by atoms with Gasteiger partial charge in [0.25, 0.3) is 0 Å². The van der Waals surface area contributed by atoms with Crippen LogP contribution in [0.2, 0.25) is 0 Å².